The molecule has 3 aromatic rings. The monoisotopic (exact) mass is 453 g/mol. The second kappa shape index (κ2) is 9.11. The van der Waals surface area contributed by atoms with Crippen LogP contribution in [0.2, 0.25) is 0 Å². The number of hydrogen-bond donors (Lipinski definition) is 1. The van der Waals surface area contributed by atoms with E-state index >= 15 is 0 Å². The van der Waals surface area contributed by atoms with Crippen LogP contribution in [0.4, 0.5) is 5.69 Å². The molecule has 0 spiro atoms. The van der Waals surface area contributed by atoms with E-state index in [9.17, 15) is 9.90 Å². The Labute approximate surface area is 201 Å². The summed E-state index contributed by atoms with van der Waals surface area (Å²) in [4.78, 5) is 15.9. The molecule has 1 heterocycles. The summed E-state index contributed by atoms with van der Waals surface area (Å²) in [6.45, 7) is 6.46. The molecule has 0 amide bonds. The predicted octanol–water partition coefficient (Wildman–Crippen LogP) is 6.45. The van der Waals surface area contributed by atoms with Gasteiger partial charge in [0, 0.05) is 47.1 Å². The fourth-order valence-corrected chi connectivity index (χ4v) is 5.03. The molecule has 1 aliphatic heterocycles. The van der Waals surface area contributed by atoms with E-state index in [1.54, 1.807) is 18.2 Å². The van der Waals surface area contributed by atoms with Crippen LogP contribution in [0.25, 0.3) is 5.57 Å². The van der Waals surface area contributed by atoms with Crippen molar-refractivity contribution >= 4 is 17.0 Å². The summed E-state index contributed by atoms with van der Waals surface area (Å²) in [5, 5.41) is 11.7. The summed E-state index contributed by atoms with van der Waals surface area (Å²) >= 11 is 0. The normalized spacial score (nSPS) is 18.0. The number of aliphatic hydroxyl groups is 1. The summed E-state index contributed by atoms with van der Waals surface area (Å²) in [7, 11) is 0. The second-order valence-corrected chi connectivity index (χ2v) is 9.15. The molecule has 0 aromatic heterocycles. The Morgan fingerprint density at radius 1 is 0.882 bits per heavy atom. The number of ketones is 1. The highest BCUT2D eigenvalue weighted by atomic mass is 16.5. The lowest BCUT2D eigenvalue weighted by Crippen LogP contribution is -2.39. The minimum atomic E-state index is -1.73. The van der Waals surface area contributed by atoms with Crippen molar-refractivity contribution in [2.75, 3.05) is 18.0 Å². The third-order valence-corrected chi connectivity index (χ3v) is 6.91. The van der Waals surface area contributed by atoms with Crippen LogP contribution in [-0.4, -0.2) is 24.0 Å². The molecule has 0 bridgehead atoms. The van der Waals surface area contributed by atoms with Gasteiger partial charge in [-0.2, -0.15) is 0 Å². The van der Waals surface area contributed by atoms with E-state index in [0.717, 1.165) is 66.9 Å². The number of benzene rings is 3. The Morgan fingerprint density at radius 2 is 1.62 bits per heavy atom. The number of carbonyl (C=O) groups excluding carboxylic acids is 1. The molecule has 0 saturated carbocycles. The maximum absolute atomic E-state index is 13.4. The van der Waals surface area contributed by atoms with E-state index in [0.29, 0.717) is 16.9 Å². The van der Waals surface area contributed by atoms with Crippen molar-refractivity contribution in [3.8, 4) is 11.5 Å². The van der Waals surface area contributed by atoms with E-state index in [-0.39, 0.29) is 5.78 Å². The van der Waals surface area contributed by atoms with E-state index in [2.05, 4.69) is 36.9 Å². The smallest absolute Gasteiger partial charge is 0.197 e. The number of unbranched alkanes of at least 4 members (excludes halogenated alkanes) is 2. The van der Waals surface area contributed by atoms with Crippen LogP contribution in [0, 0.1) is 0 Å². The van der Waals surface area contributed by atoms with Crippen LogP contribution >= 0.6 is 0 Å². The Kier molecular flexibility index (Phi) is 6.01. The maximum Gasteiger partial charge on any atom is 0.197 e. The molecule has 3 aromatic carbocycles. The van der Waals surface area contributed by atoms with Crippen LogP contribution in [-0.2, 0) is 10.4 Å². The zero-order valence-electron chi connectivity index (χ0n) is 19.9. The van der Waals surface area contributed by atoms with Gasteiger partial charge in [0.25, 0.3) is 0 Å². The van der Waals surface area contributed by atoms with Gasteiger partial charge in [0.05, 0.1) is 0 Å². The molecule has 1 N–H and O–H groups in total. The highest BCUT2D eigenvalue weighted by molar-refractivity contribution is 6.13. The highest BCUT2D eigenvalue weighted by Gasteiger charge is 2.46. The SMILES string of the molecule is CCCCN(CCCC)c1ccc2c(c1)Oc1cccc3c1C2=CC(=O)C3(O)c1ccccc1. The van der Waals surface area contributed by atoms with Crippen molar-refractivity contribution in [3.63, 3.8) is 0 Å². The van der Waals surface area contributed by atoms with Gasteiger partial charge in [-0.3, -0.25) is 4.79 Å². The number of rotatable bonds is 8. The molecule has 0 saturated heterocycles. The van der Waals surface area contributed by atoms with Gasteiger partial charge in [0.1, 0.15) is 11.5 Å². The van der Waals surface area contributed by atoms with Gasteiger partial charge in [-0.25, -0.2) is 0 Å². The van der Waals surface area contributed by atoms with E-state index in [1.165, 1.54) is 0 Å². The third kappa shape index (κ3) is 3.63. The topological polar surface area (TPSA) is 49.8 Å². The largest absolute Gasteiger partial charge is 0.456 e. The van der Waals surface area contributed by atoms with Crippen LogP contribution in [0.1, 0.15) is 61.8 Å². The molecule has 4 heteroatoms. The fraction of sp³-hybridized carbons (Fsp3) is 0.300. The van der Waals surface area contributed by atoms with Crippen LogP contribution in [0.5, 0.6) is 11.5 Å². The van der Waals surface area contributed by atoms with Crippen molar-refractivity contribution in [2.24, 2.45) is 0 Å². The van der Waals surface area contributed by atoms with Gasteiger partial charge in [0.2, 0.25) is 0 Å². The van der Waals surface area contributed by atoms with Gasteiger partial charge in [-0.05, 0) is 42.7 Å². The molecule has 1 unspecified atom stereocenters. The molecule has 2 aliphatic rings. The summed E-state index contributed by atoms with van der Waals surface area (Å²) in [5.41, 5.74) is 3.05. The van der Waals surface area contributed by atoms with Crippen molar-refractivity contribution in [1.82, 2.24) is 0 Å². The predicted molar refractivity (Wildman–Crippen MR) is 137 cm³/mol. The van der Waals surface area contributed by atoms with Gasteiger partial charge in [0.15, 0.2) is 11.4 Å². The molecule has 1 aliphatic carbocycles. The van der Waals surface area contributed by atoms with Gasteiger partial charge < -0.3 is 14.7 Å². The lowest BCUT2D eigenvalue weighted by Gasteiger charge is -2.36. The zero-order chi connectivity index (χ0) is 23.7. The number of nitrogens with zero attached hydrogens (tertiary/aromatic N) is 1. The first kappa shape index (κ1) is 22.4. The molecule has 34 heavy (non-hydrogen) atoms. The zero-order valence-corrected chi connectivity index (χ0v) is 19.9. The molecule has 1 atom stereocenters. The van der Waals surface area contributed by atoms with Gasteiger partial charge in [-0.1, -0.05) is 69.2 Å². The van der Waals surface area contributed by atoms with Crippen LogP contribution in [0.15, 0.2) is 72.8 Å². The Bertz CT molecular complexity index is 1240. The Morgan fingerprint density at radius 3 is 2.32 bits per heavy atom. The second-order valence-electron chi connectivity index (χ2n) is 9.15. The van der Waals surface area contributed by atoms with Crippen molar-refractivity contribution in [2.45, 2.75) is 45.1 Å². The van der Waals surface area contributed by atoms with Crippen LogP contribution < -0.4 is 9.64 Å². The summed E-state index contributed by atoms with van der Waals surface area (Å²) in [5.74, 6) is 1.09. The lowest BCUT2D eigenvalue weighted by atomic mass is 9.72. The van der Waals surface area contributed by atoms with Crippen molar-refractivity contribution < 1.29 is 14.6 Å². The first-order valence-corrected chi connectivity index (χ1v) is 12.3. The Hall–Kier alpha value is -3.37. The number of fused-ring (bicyclic) bond motifs is 2. The highest BCUT2D eigenvalue weighted by Crippen LogP contribution is 2.52. The van der Waals surface area contributed by atoms with Crippen molar-refractivity contribution in [3.05, 3.63) is 95.1 Å². The first-order valence-electron chi connectivity index (χ1n) is 12.3. The van der Waals surface area contributed by atoms with Crippen LogP contribution in [0.3, 0.4) is 0 Å². The molecule has 174 valence electrons. The number of carbonyl (C=O) groups is 1. The summed E-state index contributed by atoms with van der Waals surface area (Å²) in [6, 6.07) is 21.0. The molecule has 5 rings (SSSR count). The lowest BCUT2D eigenvalue weighted by molar-refractivity contribution is -0.129. The minimum absolute atomic E-state index is 0.331. The molecule has 0 fully saturated rings. The average molecular weight is 454 g/mol. The summed E-state index contributed by atoms with van der Waals surface area (Å²) in [6.07, 6.45) is 6.18. The molecule has 0 radical (unpaired) electrons. The van der Waals surface area contributed by atoms with Gasteiger partial charge in [-0.15, -0.1) is 0 Å². The quantitative estimate of drug-likeness (QED) is 0.333. The molecular weight excluding hydrogens is 422 g/mol. The number of ether oxygens (including phenoxy) is 1. The Balaban J connectivity index is 1.59. The van der Waals surface area contributed by atoms with Crippen molar-refractivity contribution in [1.29, 1.82) is 0 Å². The molecular formula is C30H31NO3. The van der Waals surface area contributed by atoms with E-state index in [1.807, 2.05) is 36.4 Å². The number of anilines is 1. The van der Waals surface area contributed by atoms with Gasteiger partial charge >= 0.3 is 0 Å². The maximum atomic E-state index is 13.4. The number of hydrogen-bond acceptors (Lipinski definition) is 4. The fourth-order valence-electron chi connectivity index (χ4n) is 5.03. The summed E-state index contributed by atoms with van der Waals surface area (Å²) < 4.78 is 6.40. The average Bonchev–Trinajstić information content (AvgIpc) is 2.87. The standard InChI is InChI=1S/C30H31NO3/c1-3-5-17-31(18-6-4-2)22-15-16-23-24-20-28(32)30(33,21-11-8-7-9-12-21)25-13-10-14-26(29(24)25)34-27(23)19-22/h7-16,19-20,33H,3-6,17-18H2,1-2H3. The molecule has 4 nitrogen and oxygen atoms in total. The van der Waals surface area contributed by atoms with E-state index < -0.39 is 5.60 Å². The van der Waals surface area contributed by atoms with E-state index in [4.69, 9.17) is 4.74 Å². The first-order chi connectivity index (χ1) is 16.6. The third-order valence-electron chi connectivity index (χ3n) is 6.91. The minimum Gasteiger partial charge on any atom is -0.456 e.